The maximum atomic E-state index is 12.4. The molecule has 1 amide bonds. The summed E-state index contributed by atoms with van der Waals surface area (Å²) in [7, 11) is 1.50. The van der Waals surface area contributed by atoms with E-state index < -0.39 is 47.0 Å². The molecule has 0 radical (unpaired) electrons. The summed E-state index contributed by atoms with van der Waals surface area (Å²) in [5, 5.41) is 13.4. The van der Waals surface area contributed by atoms with Gasteiger partial charge in [0.05, 0.1) is 24.0 Å². The number of ether oxygens (including phenoxy) is 3. The van der Waals surface area contributed by atoms with Gasteiger partial charge < -0.3 is 19.5 Å². The molecule has 1 atom stereocenters. The Kier molecular flexibility index (Phi) is 10.4. The third-order valence-corrected chi connectivity index (χ3v) is 5.73. The van der Waals surface area contributed by atoms with Crippen LogP contribution >= 0.6 is 0 Å². The fourth-order valence-electron chi connectivity index (χ4n) is 3.52. The summed E-state index contributed by atoms with van der Waals surface area (Å²) >= 11 is 0. The number of ketones is 2. The zero-order chi connectivity index (χ0) is 29.9. The van der Waals surface area contributed by atoms with Crippen LogP contribution < -0.4 is 10.1 Å². The van der Waals surface area contributed by atoms with Gasteiger partial charge in [0, 0.05) is 35.4 Å². The normalized spacial score (nSPS) is 11.1. The van der Waals surface area contributed by atoms with E-state index in [-0.39, 0.29) is 29.7 Å². The van der Waals surface area contributed by atoms with Crippen molar-refractivity contribution in [3.8, 4) is 5.75 Å². The number of nitrogens with zero attached hydrogens (tertiary/aromatic N) is 1. The number of carbonyl (C=O) groups is 5. The monoisotopic (exact) mass is 562 g/mol. The van der Waals surface area contributed by atoms with Gasteiger partial charge in [-0.3, -0.25) is 29.3 Å². The van der Waals surface area contributed by atoms with Gasteiger partial charge in [0.25, 0.3) is 5.69 Å². The van der Waals surface area contributed by atoms with Gasteiger partial charge in [-0.05, 0) is 55.5 Å². The van der Waals surface area contributed by atoms with E-state index in [1.165, 1.54) is 56.5 Å². The van der Waals surface area contributed by atoms with Crippen molar-refractivity contribution >= 4 is 40.8 Å². The number of nitro groups is 1. The summed E-state index contributed by atoms with van der Waals surface area (Å²) in [5.74, 6) is -2.43. The molecule has 0 saturated heterocycles. The molecule has 0 spiro atoms. The van der Waals surface area contributed by atoms with Gasteiger partial charge in [-0.15, -0.1) is 0 Å². The van der Waals surface area contributed by atoms with E-state index in [4.69, 9.17) is 14.2 Å². The van der Waals surface area contributed by atoms with Gasteiger partial charge in [-0.25, -0.2) is 4.79 Å². The number of amides is 1. The predicted molar refractivity (Wildman–Crippen MR) is 145 cm³/mol. The Labute approximate surface area is 234 Å². The lowest BCUT2D eigenvalue weighted by Crippen LogP contribution is -2.25. The van der Waals surface area contributed by atoms with Gasteiger partial charge in [0.2, 0.25) is 17.5 Å². The topological polar surface area (TPSA) is 168 Å². The van der Waals surface area contributed by atoms with Crippen LogP contribution in [0, 0.1) is 10.1 Å². The average Bonchev–Trinajstić information content (AvgIpc) is 2.98. The molecule has 0 aliphatic rings. The molecule has 1 unspecified atom stereocenters. The number of rotatable bonds is 13. The van der Waals surface area contributed by atoms with E-state index in [0.29, 0.717) is 17.0 Å². The van der Waals surface area contributed by atoms with E-state index in [0.717, 1.165) is 6.07 Å². The highest BCUT2D eigenvalue weighted by Gasteiger charge is 2.20. The Morgan fingerprint density at radius 3 is 2.17 bits per heavy atom. The number of nitro benzene ring substituents is 1. The highest BCUT2D eigenvalue weighted by molar-refractivity contribution is 6.01. The zero-order valence-corrected chi connectivity index (χ0v) is 22.2. The summed E-state index contributed by atoms with van der Waals surface area (Å²) in [5.41, 5.74) is 0.577. The highest BCUT2D eigenvalue weighted by atomic mass is 16.6. The first-order valence-electron chi connectivity index (χ1n) is 12.3. The summed E-state index contributed by atoms with van der Waals surface area (Å²) in [6.45, 7) is 0.833. The number of carbonyl (C=O) groups excluding carboxylic acids is 5. The minimum absolute atomic E-state index is 0.0345. The van der Waals surface area contributed by atoms with E-state index >= 15 is 0 Å². The minimum Gasteiger partial charge on any atom is -0.497 e. The lowest BCUT2D eigenvalue weighted by atomic mass is 10.1. The zero-order valence-electron chi connectivity index (χ0n) is 22.2. The molecule has 0 fully saturated rings. The summed E-state index contributed by atoms with van der Waals surface area (Å²) in [6.07, 6.45) is -1.49. The molecule has 0 bridgehead atoms. The van der Waals surface area contributed by atoms with Crippen LogP contribution in [0.2, 0.25) is 0 Å². The fourth-order valence-corrected chi connectivity index (χ4v) is 3.52. The number of hydrogen-bond donors (Lipinski definition) is 1. The smallest absolute Gasteiger partial charge is 0.338 e. The van der Waals surface area contributed by atoms with Crippen LogP contribution in [0.3, 0.4) is 0 Å². The molecule has 0 aliphatic carbocycles. The van der Waals surface area contributed by atoms with Crippen LogP contribution in [0.5, 0.6) is 5.75 Å². The molecule has 3 aromatic rings. The molecule has 0 saturated carbocycles. The van der Waals surface area contributed by atoms with E-state index in [9.17, 15) is 34.1 Å². The standard InChI is InChI=1S/C29H26N2O10/c1-18(28(35)19-8-12-24(39-2)13-9-19)41-27(34)15-14-26(33)30-22-10-6-20(7-11-22)29(36)40-17-25(32)21-4-3-5-23(16-21)31(37)38/h3-13,16,18H,14-15,17H2,1-2H3,(H,30,33). The first-order valence-corrected chi connectivity index (χ1v) is 12.3. The molecular weight excluding hydrogens is 536 g/mol. The molecule has 3 aromatic carbocycles. The Morgan fingerprint density at radius 1 is 0.878 bits per heavy atom. The van der Waals surface area contributed by atoms with Crippen molar-refractivity contribution in [2.24, 2.45) is 0 Å². The molecule has 12 heteroatoms. The fraction of sp³-hybridized carbons (Fsp3) is 0.207. The molecule has 212 valence electrons. The van der Waals surface area contributed by atoms with Gasteiger partial charge in [-0.2, -0.15) is 0 Å². The number of methoxy groups -OCH3 is 1. The summed E-state index contributed by atoms with van der Waals surface area (Å²) < 4.78 is 15.2. The highest BCUT2D eigenvalue weighted by Crippen LogP contribution is 2.16. The molecule has 1 N–H and O–H groups in total. The van der Waals surface area contributed by atoms with Gasteiger partial charge >= 0.3 is 11.9 Å². The number of nitrogens with one attached hydrogen (secondary N) is 1. The quantitative estimate of drug-likeness (QED) is 0.138. The summed E-state index contributed by atoms with van der Waals surface area (Å²) in [6, 6.07) is 17.0. The Bertz CT molecular complexity index is 1450. The largest absolute Gasteiger partial charge is 0.497 e. The van der Waals surface area contributed by atoms with Crippen molar-refractivity contribution in [3.05, 3.63) is 99.6 Å². The van der Waals surface area contributed by atoms with Crippen LogP contribution in [0.15, 0.2) is 72.8 Å². The predicted octanol–water partition coefficient (Wildman–Crippen LogP) is 4.18. The second kappa shape index (κ2) is 14.1. The van der Waals surface area contributed by atoms with Crippen molar-refractivity contribution in [3.63, 3.8) is 0 Å². The number of Topliss-reactive ketones (excluding diaryl/α,β-unsaturated/α-hetero) is 2. The second-order valence-corrected chi connectivity index (χ2v) is 8.66. The van der Waals surface area contributed by atoms with Crippen molar-refractivity contribution in [2.75, 3.05) is 19.0 Å². The van der Waals surface area contributed by atoms with Crippen LogP contribution in [0.4, 0.5) is 11.4 Å². The van der Waals surface area contributed by atoms with Crippen molar-refractivity contribution in [1.82, 2.24) is 0 Å². The lowest BCUT2D eigenvalue weighted by molar-refractivity contribution is -0.384. The SMILES string of the molecule is COc1ccc(C(=O)C(C)OC(=O)CCC(=O)Nc2ccc(C(=O)OCC(=O)c3cccc([N+](=O)[O-])c3)cc2)cc1. The molecule has 12 nitrogen and oxygen atoms in total. The minimum atomic E-state index is -1.03. The first-order chi connectivity index (χ1) is 19.6. The summed E-state index contributed by atoms with van der Waals surface area (Å²) in [4.78, 5) is 71.5. The Morgan fingerprint density at radius 2 is 1.54 bits per heavy atom. The number of esters is 2. The molecule has 3 rings (SSSR count). The Balaban J connectivity index is 1.42. The number of benzene rings is 3. The van der Waals surface area contributed by atoms with Crippen LogP contribution in [0.1, 0.15) is 50.8 Å². The second-order valence-electron chi connectivity index (χ2n) is 8.66. The number of anilines is 1. The molecule has 0 heterocycles. The van der Waals surface area contributed by atoms with Crippen molar-refractivity contribution < 1.29 is 43.1 Å². The van der Waals surface area contributed by atoms with Crippen LogP contribution in [0.25, 0.3) is 0 Å². The first kappa shape index (κ1) is 30.2. The van der Waals surface area contributed by atoms with Crippen molar-refractivity contribution in [1.29, 1.82) is 0 Å². The molecule has 41 heavy (non-hydrogen) atoms. The molecule has 0 aliphatic heterocycles. The van der Waals surface area contributed by atoms with E-state index in [1.54, 1.807) is 24.3 Å². The lowest BCUT2D eigenvalue weighted by Gasteiger charge is -2.13. The third kappa shape index (κ3) is 8.82. The van der Waals surface area contributed by atoms with Gasteiger partial charge in [0.15, 0.2) is 12.7 Å². The van der Waals surface area contributed by atoms with Gasteiger partial charge in [-0.1, -0.05) is 12.1 Å². The van der Waals surface area contributed by atoms with Crippen LogP contribution in [-0.2, 0) is 19.1 Å². The van der Waals surface area contributed by atoms with E-state index in [2.05, 4.69) is 5.32 Å². The van der Waals surface area contributed by atoms with E-state index in [1.807, 2.05) is 0 Å². The number of hydrogen-bond acceptors (Lipinski definition) is 10. The maximum Gasteiger partial charge on any atom is 0.338 e. The number of non-ortho nitro benzene ring substituents is 1. The average molecular weight is 563 g/mol. The molecule has 0 aromatic heterocycles. The Hall–Kier alpha value is -5.39. The van der Waals surface area contributed by atoms with Crippen LogP contribution in [-0.4, -0.2) is 54.2 Å². The third-order valence-electron chi connectivity index (χ3n) is 5.73. The molecular formula is C29H26N2O10. The maximum absolute atomic E-state index is 12.4. The van der Waals surface area contributed by atoms with Gasteiger partial charge in [0.1, 0.15) is 5.75 Å². The van der Waals surface area contributed by atoms with Crippen molar-refractivity contribution in [2.45, 2.75) is 25.9 Å².